The summed E-state index contributed by atoms with van der Waals surface area (Å²) in [6.07, 6.45) is 1.20. The van der Waals surface area contributed by atoms with Gasteiger partial charge in [-0.1, -0.05) is 48.5 Å². The fraction of sp³-hybridized carbons (Fsp3) is 0.0455. The second kappa shape index (κ2) is 7.33. The molecule has 1 N–H and O–H groups in total. The number of nitrogens with zero attached hydrogens (tertiary/aromatic N) is 1. The number of carbonyl (C=O) groups is 1. The molecule has 27 heavy (non-hydrogen) atoms. The molecule has 0 aliphatic heterocycles. The first kappa shape index (κ1) is 16.8. The molecule has 3 aromatic carbocycles. The molecular weight excluding hydrogens is 343 g/mol. The van der Waals surface area contributed by atoms with Crippen LogP contribution in [0, 0.1) is 5.82 Å². The van der Waals surface area contributed by atoms with Crippen molar-refractivity contribution in [3.63, 3.8) is 0 Å². The van der Waals surface area contributed by atoms with Crippen molar-refractivity contribution in [2.24, 2.45) is 0 Å². The van der Waals surface area contributed by atoms with Crippen LogP contribution in [0.1, 0.15) is 5.56 Å². The molecule has 0 aliphatic rings. The molecule has 0 saturated heterocycles. The predicted molar refractivity (Wildman–Crippen MR) is 103 cm³/mol. The first-order chi connectivity index (χ1) is 13.2. The maximum atomic E-state index is 14.6. The van der Waals surface area contributed by atoms with Crippen molar-refractivity contribution in [1.29, 1.82) is 0 Å². The van der Waals surface area contributed by atoms with Crippen LogP contribution >= 0.6 is 0 Å². The molecule has 5 heteroatoms. The number of hydrogen-bond donors (Lipinski definition) is 1. The van der Waals surface area contributed by atoms with Crippen LogP contribution in [0.15, 0.2) is 85.1 Å². The maximum absolute atomic E-state index is 14.6. The summed E-state index contributed by atoms with van der Waals surface area (Å²) in [6.45, 7) is 0.155. The summed E-state index contributed by atoms with van der Waals surface area (Å²) in [5, 5.41) is 3.58. The third kappa shape index (κ3) is 3.67. The van der Waals surface area contributed by atoms with Gasteiger partial charge in [0, 0.05) is 11.9 Å². The number of carbonyl (C=O) groups excluding carboxylic acids is 1. The molecule has 0 fully saturated rings. The Hall–Kier alpha value is -3.60. The number of para-hydroxylation sites is 1. The predicted octanol–water partition coefficient (Wildman–Crippen LogP) is 5.52. The molecular formula is C22H17FN2O2. The van der Waals surface area contributed by atoms with E-state index >= 15 is 0 Å². The zero-order chi connectivity index (χ0) is 18.6. The Morgan fingerprint density at radius 1 is 0.963 bits per heavy atom. The summed E-state index contributed by atoms with van der Waals surface area (Å²) in [4.78, 5) is 11.9. The molecule has 0 bridgehead atoms. The number of rotatable bonds is 4. The maximum Gasteiger partial charge on any atom is 0.411 e. The molecule has 0 saturated carbocycles. The number of aromatic nitrogens is 1. The van der Waals surface area contributed by atoms with Gasteiger partial charge in [-0.05, 0) is 41.3 Å². The standard InChI is InChI=1S/C22H17FN2O2/c23-19-14-18(24-22(26)27-15-16-6-2-1-3-7-16)10-11-21(19)25-13-12-17-8-4-5-9-20(17)25/h1-14H,15H2,(H,24,26). The van der Waals surface area contributed by atoms with Crippen LogP contribution in [0.4, 0.5) is 14.9 Å². The van der Waals surface area contributed by atoms with E-state index in [2.05, 4.69) is 5.32 Å². The zero-order valence-corrected chi connectivity index (χ0v) is 14.4. The summed E-state index contributed by atoms with van der Waals surface area (Å²) >= 11 is 0. The largest absolute Gasteiger partial charge is 0.444 e. The van der Waals surface area contributed by atoms with Crippen LogP contribution in [0.25, 0.3) is 16.6 Å². The van der Waals surface area contributed by atoms with Gasteiger partial charge in [-0.3, -0.25) is 5.32 Å². The van der Waals surface area contributed by atoms with E-state index in [1.807, 2.05) is 66.9 Å². The summed E-state index contributed by atoms with van der Waals surface area (Å²) in [5.41, 5.74) is 2.55. The van der Waals surface area contributed by atoms with E-state index in [9.17, 15) is 9.18 Å². The van der Waals surface area contributed by atoms with Crippen molar-refractivity contribution in [2.75, 3.05) is 5.32 Å². The molecule has 4 aromatic rings. The molecule has 0 spiro atoms. The minimum atomic E-state index is -0.627. The highest BCUT2D eigenvalue weighted by Crippen LogP contribution is 2.24. The average Bonchev–Trinajstić information content (AvgIpc) is 3.11. The highest BCUT2D eigenvalue weighted by molar-refractivity contribution is 5.85. The van der Waals surface area contributed by atoms with Crippen LogP contribution in [-0.2, 0) is 11.3 Å². The number of benzene rings is 3. The number of anilines is 1. The lowest BCUT2D eigenvalue weighted by molar-refractivity contribution is 0.155. The van der Waals surface area contributed by atoms with Crippen LogP contribution in [0.3, 0.4) is 0 Å². The third-order valence-corrected chi connectivity index (χ3v) is 4.27. The van der Waals surface area contributed by atoms with Crippen molar-refractivity contribution < 1.29 is 13.9 Å². The lowest BCUT2D eigenvalue weighted by Crippen LogP contribution is -2.13. The lowest BCUT2D eigenvalue weighted by atomic mass is 10.2. The Balaban J connectivity index is 1.48. The first-order valence-corrected chi connectivity index (χ1v) is 8.54. The van der Waals surface area contributed by atoms with Crippen LogP contribution < -0.4 is 5.32 Å². The number of hydrogen-bond acceptors (Lipinski definition) is 2. The second-order valence-corrected chi connectivity index (χ2v) is 6.10. The Kier molecular flexibility index (Phi) is 4.58. The number of nitrogens with one attached hydrogen (secondary N) is 1. The monoisotopic (exact) mass is 360 g/mol. The van der Waals surface area contributed by atoms with Crippen LogP contribution in [0.2, 0.25) is 0 Å². The van der Waals surface area contributed by atoms with E-state index in [4.69, 9.17) is 4.74 Å². The van der Waals surface area contributed by atoms with Crippen molar-refractivity contribution in [1.82, 2.24) is 4.57 Å². The second-order valence-electron chi connectivity index (χ2n) is 6.10. The van der Waals surface area contributed by atoms with Crippen molar-refractivity contribution in [3.8, 4) is 5.69 Å². The Morgan fingerprint density at radius 2 is 1.74 bits per heavy atom. The minimum Gasteiger partial charge on any atom is -0.444 e. The molecule has 134 valence electrons. The zero-order valence-electron chi connectivity index (χ0n) is 14.4. The van der Waals surface area contributed by atoms with Crippen LogP contribution in [-0.4, -0.2) is 10.7 Å². The minimum absolute atomic E-state index is 0.155. The van der Waals surface area contributed by atoms with E-state index < -0.39 is 11.9 Å². The summed E-state index contributed by atoms with van der Waals surface area (Å²) < 4.78 is 21.6. The molecule has 0 unspecified atom stereocenters. The Bertz CT molecular complexity index is 1090. The van der Waals surface area contributed by atoms with Gasteiger partial charge >= 0.3 is 6.09 Å². The van der Waals surface area contributed by atoms with E-state index in [1.54, 1.807) is 16.7 Å². The number of ether oxygens (including phenoxy) is 1. The fourth-order valence-electron chi connectivity index (χ4n) is 2.95. The SMILES string of the molecule is O=C(Nc1ccc(-n2ccc3ccccc32)c(F)c1)OCc1ccccc1. The van der Waals surface area contributed by atoms with Gasteiger partial charge in [0.25, 0.3) is 0 Å². The van der Waals surface area contributed by atoms with E-state index in [-0.39, 0.29) is 6.61 Å². The van der Waals surface area contributed by atoms with E-state index in [1.165, 1.54) is 6.07 Å². The number of halogens is 1. The van der Waals surface area contributed by atoms with Crippen molar-refractivity contribution >= 4 is 22.7 Å². The van der Waals surface area contributed by atoms with Crippen LogP contribution in [0.5, 0.6) is 0 Å². The average molecular weight is 360 g/mol. The van der Waals surface area contributed by atoms with E-state index in [0.717, 1.165) is 16.5 Å². The third-order valence-electron chi connectivity index (χ3n) is 4.27. The molecule has 1 aromatic heterocycles. The molecule has 1 heterocycles. The molecule has 0 aliphatic carbocycles. The smallest absolute Gasteiger partial charge is 0.411 e. The van der Waals surface area contributed by atoms with Gasteiger partial charge in [0.2, 0.25) is 0 Å². The lowest BCUT2D eigenvalue weighted by Gasteiger charge is -2.10. The molecule has 4 nitrogen and oxygen atoms in total. The summed E-state index contributed by atoms with van der Waals surface area (Å²) in [5.74, 6) is -0.433. The Morgan fingerprint density at radius 3 is 2.56 bits per heavy atom. The van der Waals surface area contributed by atoms with Gasteiger partial charge in [-0.25, -0.2) is 9.18 Å². The quantitative estimate of drug-likeness (QED) is 0.521. The fourth-order valence-corrected chi connectivity index (χ4v) is 2.95. The highest BCUT2D eigenvalue weighted by Gasteiger charge is 2.10. The summed E-state index contributed by atoms with van der Waals surface area (Å²) in [6, 6.07) is 23.6. The topological polar surface area (TPSA) is 43.3 Å². The molecule has 4 rings (SSSR count). The molecule has 1 amide bonds. The highest BCUT2D eigenvalue weighted by atomic mass is 19.1. The van der Waals surface area contributed by atoms with Gasteiger partial charge in [-0.15, -0.1) is 0 Å². The molecule has 0 radical (unpaired) electrons. The van der Waals surface area contributed by atoms with Gasteiger partial charge < -0.3 is 9.30 Å². The van der Waals surface area contributed by atoms with Gasteiger partial charge in [-0.2, -0.15) is 0 Å². The molecule has 0 atom stereocenters. The van der Waals surface area contributed by atoms with E-state index in [0.29, 0.717) is 11.4 Å². The van der Waals surface area contributed by atoms with Crippen molar-refractivity contribution in [2.45, 2.75) is 6.61 Å². The summed E-state index contributed by atoms with van der Waals surface area (Å²) in [7, 11) is 0. The van der Waals surface area contributed by atoms with Gasteiger partial charge in [0.05, 0.1) is 11.2 Å². The number of amides is 1. The van der Waals surface area contributed by atoms with Gasteiger partial charge in [0.1, 0.15) is 12.4 Å². The first-order valence-electron chi connectivity index (χ1n) is 8.54. The van der Waals surface area contributed by atoms with Crippen molar-refractivity contribution in [3.05, 3.63) is 96.4 Å². The normalized spacial score (nSPS) is 10.7. The Labute approximate surface area is 155 Å². The van der Waals surface area contributed by atoms with Gasteiger partial charge in [0.15, 0.2) is 0 Å². The number of fused-ring (bicyclic) bond motifs is 1.